The molecule has 1 aliphatic heterocycles. The fourth-order valence-corrected chi connectivity index (χ4v) is 4.30. The van der Waals surface area contributed by atoms with E-state index in [1.807, 2.05) is 30.3 Å². The second-order valence-corrected chi connectivity index (χ2v) is 6.81. The van der Waals surface area contributed by atoms with Crippen molar-refractivity contribution in [2.24, 2.45) is 0 Å². The van der Waals surface area contributed by atoms with Crippen LogP contribution in [-0.2, 0) is 16.1 Å². The van der Waals surface area contributed by atoms with Gasteiger partial charge in [-0.3, -0.25) is 4.79 Å². The Morgan fingerprint density at radius 3 is 2.32 bits per heavy atom. The van der Waals surface area contributed by atoms with Gasteiger partial charge in [0.1, 0.15) is 4.91 Å². The molecule has 0 unspecified atom stereocenters. The van der Waals surface area contributed by atoms with Crippen LogP contribution in [0.25, 0.3) is 0 Å². The molecule has 0 radical (unpaired) electrons. The highest BCUT2D eigenvalue weighted by atomic mass is 32.2. The number of hydrogen-bond acceptors (Lipinski definition) is 5. The van der Waals surface area contributed by atoms with Crippen LogP contribution in [0.3, 0.4) is 0 Å². The van der Waals surface area contributed by atoms with Crippen molar-refractivity contribution in [3.05, 3.63) is 45.7 Å². The van der Waals surface area contributed by atoms with Crippen molar-refractivity contribution in [2.45, 2.75) is 6.54 Å². The van der Waals surface area contributed by atoms with Crippen molar-refractivity contribution in [3.8, 4) is 0 Å². The molecule has 2 rings (SSSR count). The highest BCUT2D eigenvalue weighted by Gasteiger charge is 2.28. The van der Waals surface area contributed by atoms with Gasteiger partial charge in [0.2, 0.25) is 0 Å². The van der Waals surface area contributed by atoms with Crippen LogP contribution in [0.2, 0.25) is 0 Å². The van der Waals surface area contributed by atoms with E-state index >= 15 is 0 Å². The maximum Gasteiger partial charge on any atom is 0.343 e. The van der Waals surface area contributed by atoms with E-state index in [4.69, 9.17) is 0 Å². The largest absolute Gasteiger partial charge is 0.477 e. The number of aliphatic hydroxyl groups is 1. The lowest BCUT2D eigenvalue weighted by atomic mass is 10.2. The summed E-state index contributed by atoms with van der Waals surface area (Å²) in [6, 6.07) is 9.44. The first kappa shape index (κ1) is 16.9. The molecule has 0 atom stereocenters. The van der Waals surface area contributed by atoms with E-state index in [1.165, 1.54) is 28.4 Å². The van der Waals surface area contributed by atoms with E-state index in [-0.39, 0.29) is 28.9 Å². The fraction of sp³-hybridized carbons (Fsp3) is 0.333. The number of thioether (sulfide) groups is 2. The summed E-state index contributed by atoms with van der Waals surface area (Å²) in [6.07, 6.45) is 0. The summed E-state index contributed by atoms with van der Waals surface area (Å²) < 4.78 is 0. The molecule has 5 nitrogen and oxygen atoms in total. The molecule has 2 N–H and O–H groups in total. The normalized spacial score (nSPS) is 14.8. The molecule has 0 fully saturated rings. The molecule has 1 aliphatic rings. The average molecular weight is 339 g/mol. The van der Waals surface area contributed by atoms with Crippen molar-refractivity contribution < 1.29 is 19.8 Å². The summed E-state index contributed by atoms with van der Waals surface area (Å²) in [5.41, 5.74) is 0.940. The molecule has 7 heteroatoms. The Morgan fingerprint density at radius 2 is 1.73 bits per heavy atom. The van der Waals surface area contributed by atoms with Crippen molar-refractivity contribution in [2.75, 3.05) is 24.7 Å². The van der Waals surface area contributed by atoms with Crippen LogP contribution in [0, 0.1) is 0 Å². The summed E-state index contributed by atoms with van der Waals surface area (Å²) in [6.45, 7) is 0.364. The molecule has 0 saturated carbocycles. The molecule has 1 heterocycles. The van der Waals surface area contributed by atoms with Crippen molar-refractivity contribution in [3.63, 3.8) is 0 Å². The molecule has 0 aromatic heterocycles. The third-order valence-corrected chi connectivity index (χ3v) is 5.58. The van der Waals surface area contributed by atoms with Gasteiger partial charge in [-0.15, -0.1) is 23.5 Å². The van der Waals surface area contributed by atoms with Crippen LogP contribution in [0.15, 0.2) is 40.1 Å². The first-order chi connectivity index (χ1) is 10.6. The maximum absolute atomic E-state index is 12.7. The maximum atomic E-state index is 12.7. The first-order valence-corrected chi connectivity index (χ1v) is 8.78. The van der Waals surface area contributed by atoms with Gasteiger partial charge in [0.05, 0.1) is 11.5 Å². The number of benzene rings is 1. The summed E-state index contributed by atoms with van der Waals surface area (Å²) in [7, 11) is 0. The SMILES string of the molecule is O=C(O)C1=C(C(=O)N(CCO)Cc2ccccc2)SCCS1. The number of amides is 1. The Bertz CT molecular complexity index is 574. The zero-order chi connectivity index (χ0) is 15.9. The average Bonchev–Trinajstić information content (AvgIpc) is 2.54. The van der Waals surface area contributed by atoms with E-state index in [9.17, 15) is 19.8 Å². The first-order valence-electron chi connectivity index (χ1n) is 6.80. The minimum atomic E-state index is -1.07. The van der Waals surface area contributed by atoms with Crippen LogP contribution >= 0.6 is 23.5 Å². The molecule has 1 aromatic rings. The number of nitrogens with zero attached hydrogens (tertiary/aromatic N) is 1. The monoisotopic (exact) mass is 339 g/mol. The van der Waals surface area contributed by atoms with Gasteiger partial charge in [0.25, 0.3) is 5.91 Å². The zero-order valence-electron chi connectivity index (χ0n) is 11.9. The van der Waals surface area contributed by atoms with Gasteiger partial charge in [0, 0.05) is 24.6 Å². The Kier molecular flexibility index (Phi) is 6.35. The summed E-state index contributed by atoms with van der Waals surface area (Å²) >= 11 is 2.48. The van der Waals surface area contributed by atoms with Gasteiger partial charge in [0.15, 0.2) is 0 Å². The summed E-state index contributed by atoms with van der Waals surface area (Å²) in [5, 5.41) is 18.4. The Labute approximate surface area is 137 Å². The van der Waals surface area contributed by atoms with E-state index in [1.54, 1.807) is 0 Å². The lowest BCUT2D eigenvalue weighted by molar-refractivity contribution is -0.133. The molecule has 0 saturated heterocycles. The van der Waals surface area contributed by atoms with E-state index in [0.717, 1.165) is 5.56 Å². The van der Waals surface area contributed by atoms with Crippen LogP contribution < -0.4 is 0 Å². The standard InChI is InChI=1S/C15H17NO4S2/c17-7-6-16(10-11-4-2-1-3-5-11)14(18)12-13(15(19)20)22-9-8-21-12/h1-5,17H,6-10H2,(H,19,20). The molecular formula is C15H17NO4S2. The van der Waals surface area contributed by atoms with E-state index < -0.39 is 5.97 Å². The van der Waals surface area contributed by atoms with Crippen LogP contribution in [0.5, 0.6) is 0 Å². The topological polar surface area (TPSA) is 77.8 Å². The molecule has 0 aliphatic carbocycles. The number of carboxylic acids is 1. The number of aliphatic hydroxyl groups excluding tert-OH is 1. The van der Waals surface area contributed by atoms with Crippen molar-refractivity contribution in [1.82, 2.24) is 4.90 Å². The highest BCUT2D eigenvalue weighted by Crippen LogP contribution is 2.35. The minimum Gasteiger partial charge on any atom is -0.477 e. The predicted molar refractivity (Wildman–Crippen MR) is 88.5 cm³/mol. The summed E-state index contributed by atoms with van der Waals surface area (Å²) in [4.78, 5) is 25.8. The molecule has 1 aromatic carbocycles. The number of rotatable bonds is 6. The van der Waals surface area contributed by atoms with Crippen LogP contribution in [-0.4, -0.2) is 51.6 Å². The quantitative estimate of drug-likeness (QED) is 0.823. The number of aliphatic carboxylic acids is 1. The smallest absolute Gasteiger partial charge is 0.343 e. The van der Waals surface area contributed by atoms with Crippen LogP contribution in [0.4, 0.5) is 0 Å². The predicted octanol–water partition coefficient (Wildman–Crippen LogP) is 1.78. The van der Waals surface area contributed by atoms with Gasteiger partial charge in [-0.1, -0.05) is 30.3 Å². The van der Waals surface area contributed by atoms with Crippen LogP contribution in [0.1, 0.15) is 5.56 Å². The zero-order valence-corrected chi connectivity index (χ0v) is 13.5. The lowest BCUT2D eigenvalue weighted by Gasteiger charge is -2.25. The molecule has 0 bridgehead atoms. The number of carbonyl (C=O) groups excluding carboxylic acids is 1. The van der Waals surface area contributed by atoms with Crippen molar-refractivity contribution >= 4 is 35.4 Å². The third-order valence-electron chi connectivity index (χ3n) is 3.04. The fourth-order valence-electron chi connectivity index (χ4n) is 2.06. The van der Waals surface area contributed by atoms with Crippen molar-refractivity contribution in [1.29, 1.82) is 0 Å². The molecule has 0 spiro atoms. The van der Waals surface area contributed by atoms with E-state index in [2.05, 4.69) is 0 Å². The second-order valence-electron chi connectivity index (χ2n) is 4.60. The van der Waals surface area contributed by atoms with Gasteiger partial charge in [-0.05, 0) is 5.56 Å². The lowest BCUT2D eigenvalue weighted by Crippen LogP contribution is -2.35. The number of carbonyl (C=O) groups is 2. The number of hydrogen-bond donors (Lipinski definition) is 2. The van der Waals surface area contributed by atoms with E-state index in [0.29, 0.717) is 18.1 Å². The molecule has 1 amide bonds. The Morgan fingerprint density at radius 1 is 1.09 bits per heavy atom. The molecular weight excluding hydrogens is 322 g/mol. The Hall–Kier alpha value is -1.44. The van der Waals surface area contributed by atoms with Gasteiger partial charge in [-0.25, -0.2) is 4.79 Å². The molecule has 22 heavy (non-hydrogen) atoms. The second kappa shape index (κ2) is 8.26. The van der Waals surface area contributed by atoms with Gasteiger partial charge >= 0.3 is 5.97 Å². The third kappa shape index (κ3) is 4.28. The summed E-state index contributed by atoms with van der Waals surface area (Å²) in [5.74, 6) is -0.000477. The van der Waals surface area contributed by atoms with Gasteiger partial charge < -0.3 is 15.1 Å². The highest BCUT2D eigenvalue weighted by molar-refractivity contribution is 8.11. The molecule has 118 valence electrons. The minimum absolute atomic E-state index is 0.109. The Balaban J connectivity index is 2.23. The number of carboxylic acid groups (broad SMARTS) is 1. The van der Waals surface area contributed by atoms with Gasteiger partial charge in [-0.2, -0.15) is 0 Å².